The van der Waals surface area contributed by atoms with Crippen molar-refractivity contribution in [1.82, 2.24) is 4.90 Å². The van der Waals surface area contributed by atoms with Gasteiger partial charge in [-0.05, 0) is 61.7 Å². The summed E-state index contributed by atoms with van der Waals surface area (Å²) in [6.45, 7) is 9.11. The molecule has 0 unspecified atom stereocenters. The fraction of sp³-hybridized carbons (Fsp3) is 0.840. The SMILES string of the molecule is CC(C)[C@]12O[C@H]1[C@@H]1O[C@]13[C@]1(O[C@H]1C[C@H]1C4=C(CC[C@@]13C)C(=O)OC4)[C@@H]2OC(=S)N1CCCC1. The molecule has 2 spiro atoms. The van der Waals surface area contributed by atoms with Gasteiger partial charge in [0.25, 0.3) is 5.17 Å². The van der Waals surface area contributed by atoms with Gasteiger partial charge in [0.1, 0.15) is 30.0 Å². The van der Waals surface area contributed by atoms with Crippen LogP contribution in [0.25, 0.3) is 0 Å². The van der Waals surface area contributed by atoms with Crippen molar-refractivity contribution in [3.05, 3.63) is 11.1 Å². The average molecular weight is 474 g/mol. The highest BCUT2D eigenvalue weighted by molar-refractivity contribution is 7.80. The van der Waals surface area contributed by atoms with Crippen LogP contribution in [0.15, 0.2) is 11.1 Å². The van der Waals surface area contributed by atoms with E-state index >= 15 is 0 Å². The second kappa shape index (κ2) is 5.77. The van der Waals surface area contributed by atoms with Crippen molar-refractivity contribution in [1.29, 1.82) is 0 Å². The van der Waals surface area contributed by atoms with Crippen LogP contribution in [0.2, 0.25) is 0 Å². The maximum atomic E-state index is 12.3. The van der Waals surface area contributed by atoms with E-state index in [4.69, 9.17) is 35.9 Å². The number of carbonyl (C=O) groups is 1. The maximum absolute atomic E-state index is 12.3. The Labute approximate surface area is 199 Å². The molecule has 8 heteroatoms. The summed E-state index contributed by atoms with van der Waals surface area (Å²) in [5.41, 5.74) is 0.524. The molecule has 33 heavy (non-hydrogen) atoms. The Hall–Kier alpha value is -1.22. The number of carbonyl (C=O) groups excluding carboxylic acids is 1. The fourth-order valence-electron chi connectivity index (χ4n) is 8.92. The predicted molar refractivity (Wildman–Crippen MR) is 119 cm³/mol. The molecule has 6 fully saturated rings. The fourth-order valence-corrected chi connectivity index (χ4v) is 9.20. The summed E-state index contributed by atoms with van der Waals surface area (Å²) < 4.78 is 32.3. The van der Waals surface area contributed by atoms with Gasteiger partial charge in [-0.3, -0.25) is 0 Å². The largest absolute Gasteiger partial charge is 0.461 e. The van der Waals surface area contributed by atoms with Crippen LogP contribution in [0.3, 0.4) is 0 Å². The number of fused-ring (bicyclic) bond motifs is 4. The van der Waals surface area contributed by atoms with Crippen LogP contribution < -0.4 is 0 Å². The summed E-state index contributed by atoms with van der Waals surface area (Å²) >= 11 is 5.82. The number of hydrogen-bond acceptors (Lipinski definition) is 7. The Morgan fingerprint density at radius 2 is 1.97 bits per heavy atom. The van der Waals surface area contributed by atoms with Gasteiger partial charge >= 0.3 is 5.97 Å². The van der Waals surface area contributed by atoms with Gasteiger partial charge in [-0.25, -0.2) is 4.79 Å². The Morgan fingerprint density at radius 3 is 2.73 bits per heavy atom. The van der Waals surface area contributed by atoms with E-state index in [-0.39, 0.29) is 47.6 Å². The Bertz CT molecular complexity index is 1040. The van der Waals surface area contributed by atoms with Gasteiger partial charge in [-0.15, -0.1) is 0 Å². The molecule has 0 N–H and O–H groups in total. The lowest BCUT2D eigenvalue weighted by atomic mass is 9.46. The van der Waals surface area contributed by atoms with Gasteiger partial charge in [0.2, 0.25) is 0 Å². The highest BCUT2D eigenvalue weighted by Crippen LogP contribution is 2.83. The highest BCUT2D eigenvalue weighted by Gasteiger charge is 3.01. The first-order chi connectivity index (χ1) is 15.8. The number of thiocarbonyl (C=S) groups is 1. The predicted octanol–water partition coefficient (Wildman–Crippen LogP) is 2.51. The molecule has 0 amide bonds. The molecule has 8 aliphatic rings. The second-order valence-corrected chi connectivity index (χ2v) is 12.3. The molecular formula is C25H31NO6S. The van der Waals surface area contributed by atoms with Gasteiger partial charge in [-0.1, -0.05) is 20.8 Å². The number of cyclic esters (lactones) is 1. The van der Waals surface area contributed by atoms with Crippen molar-refractivity contribution < 1.29 is 28.5 Å². The minimum atomic E-state index is -0.536. The van der Waals surface area contributed by atoms with Crippen LogP contribution in [0.1, 0.15) is 52.9 Å². The normalized spacial score (nSPS) is 54.5. The van der Waals surface area contributed by atoms with E-state index in [1.54, 1.807) is 0 Å². The van der Waals surface area contributed by atoms with Gasteiger partial charge < -0.3 is 28.6 Å². The first-order valence-electron chi connectivity index (χ1n) is 12.7. The van der Waals surface area contributed by atoms with E-state index < -0.39 is 16.8 Å². The zero-order valence-electron chi connectivity index (χ0n) is 19.4. The number of hydrogen-bond donors (Lipinski definition) is 0. The number of rotatable bonds is 2. The topological polar surface area (TPSA) is 76.4 Å². The minimum absolute atomic E-state index is 0.00626. The lowest BCUT2D eigenvalue weighted by molar-refractivity contribution is -0.136. The van der Waals surface area contributed by atoms with Crippen molar-refractivity contribution >= 4 is 23.4 Å². The standard InChI is InChI=1S/C25H31NO6S/c1-12(2)23-17(31-23)18-25(32-18)22(3)7-6-13-14(11-28-19(13)27)15(22)10-16-24(25,30-16)20(23)29-21(33)26-8-4-5-9-26/h12,15-18,20H,4-11H2,1-3H3/t15-,16-,17-,18-,20+,22-,23-,24+,25+/m0/s1. The van der Waals surface area contributed by atoms with Crippen molar-refractivity contribution in [2.24, 2.45) is 17.3 Å². The molecule has 178 valence electrons. The molecule has 4 saturated heterocycles. The van der Waals surface area contributed by atoms with Gasteiger partial charge in [0.05, 0.1) is 6.10 Å². The van der Waals surface area contributed by atoms with Crippen LogP contribution in [-0.2, 0) is 28.5 Å². The smallest absolute Gasteiger partial charge is 0.334 e. The van der Waals surface area contributed by atoms with Crippen molar-refractivity contribution in [2.75, 3.05) is 19.7 Å². The van der Waals surface area contributed by atoms with E-state index in [0.717, 1.165) is 50.8 Å². The average Bonchev–Trinajstić information content (AvgIpc) is 3.71. The third-order valence-electron chi connectivity index (χ3n) is 10.6. The highest BCUT2D eigenvalue weighted by atomic mass is 32.1. The summed E-state index contributed by atoms with van der Waals surface area (Å²) in [5, 5.41) is 0.584. The first-order valence-corrected chi connectivity index (χ1v) is 13.1. The van der Waals surface area contributed by atoms with Crippen LogP contribution in [0.4, 0.5) is 0 Å². The molecule has 5 aliphatic heterocycles. The molecule has 3 aliphatic carbocycles. The molecule has 7 nitrogen and oxygen atoms in total. The van der Waals surface area contributed by atoms with Gasteiger partial charge in [-0.2, -0.15) is 0 Å². The van der Waals surface area contributed by atoms with Crippen LogP contribution in [0.5, 0.6) is 0 Å². The molecule has 0 radical (unpaired) electrons. The molecule has 0 aromatic rings. The van der Waals surface area contributed by atoms with Crippen molar-refractivity contribution in [2.45, 2.75) is 94.1 Å². The Morgan fingerprint density at radius 1 is 1.18 bits per heavy atom. The third-order valence-corrected chi connectivity index (χ3v) is 11.0. The molecule has 8 rings (SSSR count). The number of esters is 1. The number of likely N-dealkylation sites (tertiary alicyclic amines) is 1. The van der Waals surface area contributed by atoms with E-state index in [0.29, 0.717) is 11.8 Å². The van der Waals surface area contributed by atoms with Crippen LogP contribution >= 0.6 is 12.2 Å². The molecule has 2 saturated carbocycles. The number of epoxide rings is 3. The third kappa shape index (κ3) is 1.97. The minimum Gasteiger partial charge on any atom is -0.461 e. The second-order valence-electron chi connectivity index (χ2n) is 12.0. The molecule has 9 atom stereocenters. The van der Waals surface area contributed by atoms with Crippen LogP contribution in [0, 0.1) is 17.3 Å². The monoisotopic (exact) mass is 473 g/mol. The Kier molecular flexibility index (Phi) is 3.50. The zero-order valence-corrected chi connectivity index (χ0v) is 20.2. The molecule has 0 bridgehead atoms. The summed E-state index contributed by atoms with van der Waals surface area (Å²) in [4.78, 5) is 14.5. The molecule has 0 aromatic heterocycles. The molecule has 0 aromatic carbocycles. The van der Waals surface area contributed by atoms with Gasteiger partial charge in [0, 0.05) is 24.1 Å². The lowest BCUT2D eigenvalue weighted by Gasteiger charge is -2.54. The summed E-state index contributed by atoms with van der Waals surface area (Å²) in [7, 11) is 0. The first kappa shape index (κ1) is 20.0. The number of ether oxygens (including phenoxy) is 5. The summed E-state index contributed by atoms with van der Waals surface area (Å²) in [5.74, 6) is 0.369. The van der Waals surface area contributed by atoms with E-state index in [9.17, 15) is 4.79 Å². The lowest BCUT2D eigenvalue weighted by Crippen LogP contribution is -2.70. The van der Waals surface area contributed by atoms with E-state index in [2.05, 4.69) is 25.7 Å². The summed E-state index contributed by atoms with van der Waals surface area (Å²) in [6.07, 6.45) is 4.59. The van der Waals surface area contributed by atoms with Crippen LogP contribution in [-0.4, -0.2) is 77.0 Å². The Balaban J connectivity index is 1.23. The maximum Gasteiger partial charge on any atom is 0.334 e. The molecular weight excluding hydrogens is 442 g/mol. The number of nitrogens with zero attached hydrogens (tertiary/aromatic N) is 1. The van der Waals surface area contributed by atoms with E-state index in [1.165, 1.54) is 5.57 Å². The van der Waals surface area contributed by atoms with Crippen molar-refractivity contribution in [3.63, 3.8) is 0 Å². The van der Waals surface area contributed by atoms with Crippen molar-refractivity contribution in [3.8, 4) is 0 Å². The zero-order chi connectivity index (χ0) is 22.5. The quantitative estimate of drug-likeness (QED) is 0.344. The van der Waals surface area contributed by atoms with Gasteiger partial charge in [0.15, 0.2) is 11.7 Å². The van der Waals surface area contributed by atoms with E-state index in [1.807, 2.05) is 0 Å². The molecule has 5 heterocycles. The summed E-state index contributed by atoms with van der Waals surface area (Å²) in [6, 6.07) is 0.